The van der Waals surface area contributed by atoms with E-state index in [9.17, 15) is 0 Å². The van der Waals surface area contributed by atoms with Crippen LogP contribution in [-0.2, 0) is 6.42 Å². The minimum Gasteiger partial charge on any atom is -0.354 e. The largest absolute Gasteiger partial charge is 0.354 e. The Bertz CT molecular complexity index is 1090. The van der Waals surface area contributed by atoms with Crippen LogP contribution in [-0.4, -0.2) is 31.1 Å². The van der Waals surface area contributed by atoms with Gasteiger partial charge in [0.05, 0.1) is 17.6 Å². The lowest BCUT2D eigenvalue weighted by Gasteiger charge is -2.11. The van der Waals surface area contributed by atoms with Gasteiger partial charge in [0.2, 0.25) is 5.95 Å². The molecule has 6 nitrogen and oxygen atoms in total. The van der Waals surface area contributed by atoms with Crippen LogP contribution in [0.25, 0.3) is 11.2 Å². The topological polar surface area (TPSA) is 68.0 Å². The van der Waals surface area contributed by atoms with Crippen LogP contribution in [0.1, 0.15) is 61.0 Å². The number of nitrogens with one attached hydrogen (secondary N) is 1. The molecule has 0 aromatic carbocycles. The van der Waals surface area contributed by atoms with Crippen LogP contribution in [0.5, 0.6) is 0 Å². The molecule has 136 valence electrons. The maximum atomic E-state index is 4.94. The summed E-state index contributed by atoms with van der Waals surface area (Å²) >= 11 is 0. The third kappa shape index (κ3) is 2.62. The Morgan fingerprint density at radius 3 is 2.93 bits per heavy atom. The van der Waals surface area contributed by atoms with Crippen molar-refractivity contribution >= 4 is 17.2 Å². The Morgan fingerprint density at radius 1 is 1.22 bits per heavy atom. The monoisotopic (exact) mass is 358 g/mol. The highest BCUT2D eigenvalue weighted by molar-refractivity contribution is 5.82. The second-order valence-electron chi connectivity index (χ2n) is 8.50. The predicted molar refractivity (Wildman–Crippen MR) is 104 cm³/mol. The number of nitrogens with zero attached hydrogens (tertiary/aromatic N) is 5. The molecular weight excluding hydrogens is 336 g/mol. The molecule has 1 N–H and O–H groups in total. The van der Waals surface area contributed by atoms with Crippen LogP contribution >= 0.6 is 0 Å². The maximum Gasteiger partial charge on any atom is 0.222 e. The summed E-state index contributed by atoms with van der Waals surface area (Å²) < 4.78 is 1.88. The summed E-state index contributed by atoms with van der Waals surface area (Å²) in [5.41, 5.74) is 7.01. The first-order valence-electron chi connectivity index (χ1n) is 9.84. The highest BCUT2D eigenvalue weighted by Gasteiger charge is 2.37. The summed E-state index contributed by atoms with van der Waals surface area (Å²) in [7, 11) is 0. The van der Waals surface area contributed by atoms with Gasteiger partial charge in [0.15, 0.2) is 5.65 Å². The van der Waals surface area contributed by atoms with Crippen molar-refractivity contribution in [3.05, 3.63) is 53.2 Å². The highest BCUT2D eigenvalue weighted by atomic mass is 15.2. The molecule has 0 unspecified atom stereocenters. The van der Waals surface area contributed by atoms with Crippen LogP contribution in [0.3, 0.4) is 0 Å². The van der Waals surface area contributed by atoms with Crippen molar-refractivity contribution in [3.8, 4) is 0 Å². The summed E-state index contributed by atoms with van der Waals surface area (Å²) in [6, 6.07) is 2.04. The predicted octanol–water partition coefficient (Wildman–Crippen LogP) is 3.60. The number of rotatable bonds is 5. The van der Waals surface area contributed by atoms with Crippen molar-refractivity contribution in [2.45, 2.75) is 44.9 Å². The van der Waals surface area contributed by atoms with E-state index < -0.39 is 0 Å². The average molecular weight is 358 g/mol. The van der Waals surface area contributed by atoms with Gasteiger partial charge < -0.3 is 5.32 Å². The van der Waals surface area contributed by atoms with Crippen molar-refractivity contribution in [2.75, 3.05) is 11.9 Å². The molecule has 6 rings (SSSR count). The van der Waals surface area contributed by atoms with Crippen LogP contribution in [0.15, 0.2) is 30.7 Å². The molecule has 2 saturated carbocycles. The van der Waals surface area contributed by atoms with Crippen LogP contribution in [0, 0.1) is 5.41 Å². The molecule has 2 fully saturated rings. The molecule has 3 aliphatic carbocycles. The first-order chi connectivity index (χ1) is 13.2. The maximum absolute atomic E-state index is 4.94. The third-order valence-electron chi connectivity index (χ3n) is 6.12. The molecule has 0 spiro atoms. The van der Waals surface area contributed by atoms with E-state index in [4.69, 9.17) is 9.97 Å². The zero-order chi connectivity index (χ0) is 18.0. The summed E-state index contributed by atoms with van der Waals surface area (Å²) in [5, 5.41) is 7.86. The van der Waals surface area contributed by atoms with Gasteiger partial charge in [-0.15, -0.1) is 0 Å². The van der Waals surface area contributed by atoms with Gasteiger partial charge in [-0.25, -0.2) is 19.5 Å². The molecule has 0 amide bonds. The number of anilines is 1. The van der Waals surface area contributed by atoms with Gasteiger partial charge in [0.25, 0.3) is 0 Å². The molecule has 0 aliphatic heterocycles. The lowest BCUT2D eigenvalue weighted by Crippen LogP contribution is -2.14. The molecule has 6 heteroatoms. The van der Waals surface area contributed by atoms with Crippen LogP contribution < -0.4 is 5.32 Å². The van der Waals surface area contributed by atoms with Gasteiger partial charge in [-0.05, 0) is 43.1 Å². The number of hydrogen-bond donors (Lipinski definition) is 1. The van der Waals surface area contributed by atoms with E-state index in [2.05, 4.69) is 28.4 Å². The molecule has 27 heavy (non-hydrogen) atoms. The first-order valence-corrected chi connectivity index (χ1v) is 9.84. The molecule has 3 aliphatic rings. The summed E-state index contributed by atoms with van der Waals surface area (Å²) in [4.78, 5) is 14.2. The molecule has 3 heterocycles. The summed E-state index contributed by atoms with van der Waals surface area (Å²) in [5.74, 6) is 1.38. The number of aromatic nitrogens is 5. The summed E-state index contributed by atoms with van der Waals surface area (Å²) in [6.07, 6.45) is 14.1. The lowest BCUT2D eigenvalue weighted by molar-refractivity contribution is 0.607. The first kappa shape index (κ1) is 15.3. The van der Waals surface area contributed by atoms with Gasteiger partial charge in [0.1, 0.15) is 0 Å². The molecule has 0 saturated heterocycles. The Labute approximate surface area is 157 Å². The van der Waals surface area contributed by atoms with E-state index in [0.717, 1.165) is 47.1 Å². The van der Waals surface area contributed by atoms with Crippen LogP contribution in [0.4, 0.5) is 5.95 Å². The lowest BCUT2D eigenvalue weighted by atomic mass is 10.1. The van der Waals surface area contributed by atoms with Crippen molar-refractivity contribution in [1.29, 1.82) is 0 Å². The molecule has 3 aromatic rings. The Balaban J connectivity index is 1.31. The number of hydrogen-bond acceptors (Lipinski definition) is 5. The zero-order valence-electron chi connectivity index (χ0n) is 15.4. The van der Waals surface area contributed by atoms with Gasteiger partial charge in [-0.3, -0.25) is 0 Å². The van der Waals surface area contributed by atoms with Crippen molar-refractivity contribution in [1.82, 2.24) is 24.6 Å². The van der Waals surface area contributed by atoms with E-state index in [-0.39, 0.29) is 0 Å². The molecule has 3 aromatic heterocycles. The average Bonchev–Trinajstić information content (AvgIpc) is 3.58. The van der Waals surface area contributed by atoms with E-state index >= 15 is 0 Å². The highest BCUT2D eigenvalue weighted by Crippen LogP contribution is 2.44. The Kier molecular flexibility index (Phi) is 3.05. The smallest absolute Gasteiger partial charge is 0.222 e. The second-order valence-corrected chi connectivity index (χ2v) is 8.50. The quantitative estimate of drug-likeness (QED) is 0.755. The van der Waals surface area contributed by atoms with E-state index in [1.807, 2.05) is 29.2 Å². The fourth-order valence-corrected chi connectivity index (χ4v) is 3.84. The van der Waals surface area contributed by atoms with Crippen molar-refractivity contribution in [2.24, 2.45) is 5.41 Å². The van der Waals surface area contributed by atoms with Crippen molar-refractivity contribution < 1.29 is 0 Å². The normalized spacial score (nSPS) is 19.8. The SMILES string of the molecule is CC1(CNc2ncc3c(n2)CC=C3c2ccn3ncc(C4CC4)c3n2)CC1. The van der Waals surface area contributed by atoms with Crippen LogP contribution in [0.2, 0.25) is 0 Å². The second kappa shape index (κ2) is 5.38. The third-order valence-corrected chi connectivity index (χ3v) is 6.12. The van der Waals surface area contributed by atoms with Crippen molar-refractivity contribution in [3.63, 3.8) is 0 Å². The molecule has 0 bridgehead atoms. The van der Waals surface area contributed by atoms with Gasteiger partial charge in [-0.2, -0.15) is 5.10 Å². The van der Waals surface area contributed by atoms with Gasteiger partial charge >= 0.3 is 0 Å². The fourth-order valence-electron chi connectivity index (χ4n) is 3.84. The number of allylic oxidation sites excluding steroid dienone is 1. The standard InChI is InChI=1S/C21H22N6/c1-21(7-8-21)12-23-20-22-10-16-14(4-5-17(16)26-20)18-6-9-27-19(25-18)15(11-24-27)13-2-3-13/h4,6,9-11,13H,2-3,5,7-8,12H2,1H3,(H,22,23,26). The van der Waals surface area contributed by atoms with E-state index in [1.54, 1.807) is 0 Å². The summed E-state index contributed by atoms with van der Waals surface area (Å²) in [6.45, 7) is 3.26. The van der Waals surface area contributed by atoms with E-state index in [0.29, 0.717) is 11.3 Å². The molecule has 0 radical (unpaired) electrons. The Hall–Kier alpha value is -2.76. The van der Waals surface area contributed by atoms with Gasteiger partial charge in [-0.1, -0.05) is 13.0 Å². The molecule has 0 atom stereocenters. The number of fused-ring (bicyclic) bond motifs is 2. The minimum atomic E-state index is 0.440. The minimum absolute atomic E-state index is 0.440. The van der Waals surface area contributed by atoms with Gasteiger partial charge in [0, 0.05) is 42.1 Å². The molecular formula is C21H22N6. The Morgan fingerprint density at radius 2 is 2.11 bits per heavy atom. The zero-order valence-corrected chi connectivity index (χ0v) is 15.4. The fraction of sp³-hybridized carbons (Fsp3) is 0.429. The van der Waals surface area contributed by atoms with E-state index in [1.165, 1.54) is 31.2 Å².